The van der Waals surface area contributed by atoms with Crippen molar-refractivity contribution in [3.8, 4) is 0 Å². The minimum atomic E-state index is 0.985. The standard InChI is InChI=1S/C9H18S/c1-3-8-6-5-7-10-9(8)4-2/h8-9H,3-7H2,1-2H3. The highest BCUT2D eigenvalue weighted by atomic mass is 32.2. The predicted octanol–water partition coefficient (Wildman–Crippen LogP) is 3.32. The molecule has 1 saturated heterocycles. The number of hydrogen-bond acceptors (Lipinski definition) is 1. The van der Waals surface area contributed by atoms with E-state index in [0.717, 1.165) is 11.2 Å². The molecule has 2 atom stereocenters. The Labute approximate surface area is 68.8 Å². The Morgan fingerprint density at radius 1 is 1.30 bits per heavy atom. The largest absolute Gasteiger partial charge is 0.158 e. The molecule has 1 fully saturated rings. The first-order valence-corrected chi connectivity index (χ1v) is 5.55. The summed E-state index contributed by atoms with van der Waals surface area (Å²) in [5.74, 6) is 2.44. The van der Waals surface area contributed by atoms with E-state index in [1.54, 1.807) is 0 Å². The van der Waals surface area contributed by atoms with Gasteiger partial charge < -0.3 is 0 Å². The fourth-order valence-corrected chi connectivity index (χ4v) is 3.29. The highest BCUT2D eigenvalue weighted by molar-refractivity contribution is 7.99. The molecule has 0 spiro atoms. The van der Waals surface area contributed by atoms with Gasteiger partial charge in [0.05, 0.1) is 0 Å². The normalized spacial score (nSPS) is 34.2. The van der Waals surface area contributed by atoms with Crippen LogP contribution in [0.1, 0.15) is 39.5 Å². The third-order valence-electron chi connectivity index (χ3n) is 2.50. The molecular weight excluding hydrogens is 140 g/mol. The Bertz CT molecular complexity index is 78.7. The molecule has 0 bridgehead atoms. The van der Waals surface area contributed by atoms with Crippen molar-refractivity contribution in [2.24, 2.45) is 5.92 Å². The van der Waals surface area contributed by atoms with E-state index in [0.29, 0.717) is 0 Å². The molecule has 60 valence electrons. The number of hydrogen-bond donors (Lipinski definition) is 0. The van der Waals surface area contributed by atoms with Gasteiger partial charge in [0, 0.05) is 5.25 Å². The molecule has 0 aromatic rings. The Morgan fingerprint density at radius 3 is 2.60 bits per heavy atom. The maximum atomic E-state index is 2.33. The van der Waals surface area contributed by atoms with Gasteiger partial charge in [-0.1, -0.05) is 20.3 Å². The molecule has 1 aliphatic rings. The summed E-state index contributed by atoms with van der Waals surface area (Å²) in [6.07, 6.45) is 5.72. The van der Waals surface area contributed by atoms with Crippen LogP contribution in [0, 0.1) is 5.92 Å². The number of rotatable bonds is 2. The molecule has 10 heavy (non-hydrogen) atoms. The van der Waals surface area contributed by atoms with E-state index in [-0.39, 0.29) is 0 Å². The molecule has 0 radical (unpaired) electrons. The molecule has 0 aromatic heterocycles. The predicted molar refractivity (Wildman–Crippen MR) is 49.6 cm³/mol. The lowest BCUT2D eigenvalue weighted by atomic mass is 9.95. The van der Waals surface area contributed by atoms with E-state index in [1.165, 1.54) is 31.4 Å². The average molecular weight is 158 g/mol. The summed E-state index contributed by atoms with van der Waals surface area (Å²) >= 11 is 2.20. The van der Waals surface area contributed by atoms with Crippen LogP contribution in [0.5, 0.6) is 0 Å². The van der Waals surface area contributed by atoms with Crippen LogP contribution < -0.4 is 0 Å². The summed E-state index contributed by atoms with van der Waals surface area (Å²) in [4.78, 5) is 0. The van der Waals surface area contributed by atoms with Crippen LogP contribution in [-0.2, 0) is 0 Å². The smallest absolute Gasteiger partial charge is 0.00726 e. The lowest BCUT2D eigenvalue weighted by Crippen LogP contribution is -2.20. The van der Waals surface area contributed by atoms with Crippen LogP contribution in [0.25, 0.3) is 0 Å². The molecule has 1 rings (SSSR count). The maximum Gasteiger partial charge on any atom is 0.00726 e. The molecule has 0 nitrogen and oxygen atoms in total. The first kappa shape index (κ1) is 8.45. The molecule has 0 aliphatic carbocycles. The first-order chi connectivity index (χ1) is 4.88. The zero-order valence-corrected chi connectivity index (χ0v) is 7.91. The Hall–Kier alpha value is 0.350. The minimum absolute atomic E-state index is 0.985. The van der Waals surface area contributed by atoms with Crippen LogP contribution in [-0.4, -0.2) is 11.0 Å². The molecule has 1 heteroatoms. The summed E-state index contributed by atoms with van der Waals surface area (Å²) in [6, 6.07) is 0. The molecule has 0 amide bonds. The van der Waals surface area contributed by atoms with E-state index >= 15 is 0 Å². The highest BCUT2D eigenvalue weighted by Gasteiger charge is 2.21. The van der Waals surface area contributed by atoms with Crippen molar-refractivity contribution in [2.75, 3.05) is 5.75 Å². The van der Waals surface area contributed by atoms with Crippen LogP contribution in [0.4, 0.5) is 0 Å². The van der Waals surface area contributed by atoms with Crippen molar-refractivity contribution in [1.82, 2.24) is 0 Å². The van der Waals surface area contributed by atoms with E-state index in [1.807, 2.05) is 0 Å². The van der Waals surface area contributed by atoms with Gasteiger partial charge in [-0.2, -0.15) is 11.8 Å². The van der Waals surface area contributed by atoms with Crippen molar-refractivity contribution in [3.63, 3.8) is 0 Å². The first-order valence-electron chi connectivity index (χ1n) is 4.50. The summed E-state index contributed by atoms with van der Waals surface area (Å²) in [6.45, 7) is 4.66. The van der Waals surface area contributed by atoms with Crippen molar-refractivity contribution in [3.05, 3.63) is 0 Å². The topological polar surface area (TPSA) is 0 Å². The highest BCUT2D eigenvalue weighted by Crippen LogP contribution is 2.34. The van der Waals surface area contributed by atoms with Gasteiger partial charge in [-0.05, 0) is 30.9 Å². The summed E-state index contributed by atoms with van der Waals surface area (Å²) in [5, 5.41) is 0.985. The van der Waals surface area contributed by atoms with Crippen LogP contribution in [0.2, 0.25) is 0 Å². The Balaban J connectivity index is 2.34. The maximum absolute atomic E-state index is 2.33. The zero-order chi connectivity index (χ0) is 7.40. The average Bonchev–Trinajstić information content (AvgIpc) is 2.04. The summed E-state index contributed by atoms with van der Waals surface area (Å²) in [7, 11) is 0. The van der Waals surface area contributed by atoms with Crippen LogP contribution in [0.15, 0.2) is 0 Å². The van der Waals surface area contributed by atoms with Crippen molar-refractivity contribution in [2.45, 2.75) is 44.8 Å². The zero-order valence-electron chi connectivity index (χ0n) is 7.10. The molecule has 2 unspecified atom stereocenters. The van der Waals surface area contributed by atoms with Crippen molar-refractivity contribution in [1.29, 1.82) is 0 Å². The fraction of sp³-hybridized carbons (Fsp3) is 1.00. The van der Waals surface area contributed by atoms with E-state index in [9.17, 15) is 0 Å². The lowest BCUT2D eigenvalue weighted by Gasteiger charge is -2.29. The van der Waals surface area contributed by atoms with Gasteiger partial charge in [0.1, 0.15) is 0 Å². The van der Waals surface area contributed by atoms with E-state index < -0.39 is 0 Å². The number of thioether (sulfide) groups is 1. The summed E-state index contributed by atoms with van der Waals surface area (Å²) in [5.41, 5.74) is 0. The van der Waals surface area contributed by atoms with Crippen molar-refractivity contribution < 1.29 is 0 Å². The monoisotopic (exact) mass is 158 g/mol. The van der Waals surface area contributed by atoms with Gasteiger partial charge in [0.2, 0.25) is 0 Å². The molecular formula is C9H18S. The molecule has 1 heterocycles. The second-order valence-corrected chi connectivity index (χ2v) is 4.48. The SMILES string of the molecule is CCC1CCCSC1CC. The van der Waals surface area contributed by atoms with Gasteiger partial charge in [0.25, 0.3) is 0 Å². The fourth-order valence-electron chi connectivity index (χ4n) is 1.82. The molecule has 1 aliphatic heterocycles. The second-order valence-electron chi connectivity index (χ2n) is 3.13. The van der Waals surface area contributed by atoms with Crippen molar-refractivity contribution >= 4 is 11.8 Å². The lowest BCUT2D eigenvalue weighted by molar-refractivity contribution is 0.429. The summed E-state index contributed by atoms with van der Waals surface area (Å²) < 4.78 is 0. The minimum Gasteiger partial charge on any atom is -0.158 e. The Morgan fingerprint density at radius 2 is 2.10 bits per heavy atom. The van der Waals surface area contributed by atoms with Crippen LogP contribution >= 0.6 is 11.8 Å². The third-order valence-corrected chi connectivity index (χ3v) is 4.17. The van der Waals surface area contributed by atoms with Crippen LogP contribution in [0.3, 0.4) is 0 Å². The van der Waals surface area contributed by atoms with E-state index in [4.69, 9.17) is 0 Å². The second kappa shape index (κ2) is 4.27. The Kier molecular flexibility index (Phi) is 3.61. The third kappa shape index (κ3) is 1.91. The van der Waals surface area contributed by atoms with Gasteiger partial charge in [-0.25, -0.2) is 0 Å². The van der Waals surface area contributed by atoms with Gasteiger partial charge in [0.15, 0.2) is 0 Å². The van der Waals surface area contributed by atoms with Gasteiger partial charge in [-0.3, -0.25) is 0 Å². The molecule has 0 saturated carbocycles. The van der Waals surface area contributed by atoms with Gasteiger partial charge in [-0.15, -0.1) is 0 Å². The molecule has 0 aromatic carbocycles. The van der Waals surface area contributed by atoms with E-state index in [2.05, 4.69) is 25.6 Å². The van der Waals surface area contributed by atoms with Gasteiger partial charge >= 0.3 is 0 Å². The molecule has 0 N–H and O–H groups in total. The quantitative estimate of drug-likeness (QED) is 0.594.